The molecule has 13 heteroatoms. The number of methoxy groups -OCH3 is 1. The van der Waals surface area contributed by atoms with Crippen LogP contribution in [0, 0.1) is 16.2 Å². The first-order valence-corrected chi connectivity index (χ1v) is 32.8. The second kappa shape index (κ2) is 32.5. The van der Waals surface area contributed by atoms with E-state index in [9.17, 15) is 19.2 Å². The predicted molar refractivity (Wildman–Crippen MR) is 379 cm³/mol. The molecule has 0 aliphatic rings. The van der Waals surface area contributed by atoms with E-state index < -0.39 is 40.1 Å². The summed E-state index contributed by atoms with van der Waals surface area (Å²) in [5, 5.41) is 8.59. The molecule has 0 bridgehead atoms. The summed E-state index contributed by atoms with van der Waals surface area (Å²) < 4.78 is 41.8. The lowest BCUT2D eigenvalue weighted by molar-refractivity contribution is -0.171. The van der Waals surface area contributed by atoms with Crippen LogP contribution in [0.3, 0.4) is 0 Å². The van der Waals surface area contributed by atoms with E-state index in [4.69, 9.17) is 32.8 Å². The number of benzene rings is 7. The quantitative estimate of drug-likeness (QED) is 0.0138. The number of aromatic nitrogens is 2. The van der Waals surface area contributed by atoms with Crippen molar-refractivity contribution in [1.29, 1.82) is 0 Å². The van der Waals surface area contributed by atoms with Gasteiger partial charge in [0.15, 0.2) is 0 Å². The van der Waals surface area contributed by atoms with Crippen molar-refractivity contribution in [3.63, 3.8) is 0 Å². The minimum atomic E-state index is -1.42. The second-order valence-corrected chi connectivity index (χ2v) is 27.5. The van der Waals surface area contributed by atoms with Crippen molar-refractivity contribution < 1.29 is 52.0 Å². The SMILES string of the molecule is CCC(C)(CC(C)(CC(C)(C)C(=O)OCCCCCOc1cc(/C=C/c2ccc(C(C)(C)C)cc2)c(OC)cc1/C=C/c1ccc(C(C)(C)C)cc1)C(=O)OCCOC(=O)/C=C/c1ccccc1)C(=O)OCc1ccc(-c2nnc(-c3ccc(-c4ccccc4)cc3)o2)cc1. The van der Waals surface area contributed by atoms with Gasteiger partial charge in [-0.3, -0.25) is 14.4 Å². The fourth-order valence-electron chi connectivity index (χ4n) is 11.3. The number of carbonyl (C=O) groups is 4. The van der Waals surface area contributed by atoms with Crippen molar-refractivity contribution in [2.75, 3.05) is 33.5 Å². The van der Waals surface area contributed by atoms with E-state index in [1.807, 2.05) is 122 Å². The molecule has 0 saturated heterocycles. The highest BCUT2D eigenvalue weighted by Crippen LogP contribution is 2.46. The maximum Gasteiger partial charge on any atom is 0.330 e. The number of nitrogens with zero attached hydrogens (tertiary/aromatic N) is 2. The highest BCUT2D eigenvalue weighted by atomic mass is 16.6. The van der Waals surface area contributed by atoms with Gasteiger partial charge in [0.25, 0.3) is 0 Å². The molecule has 0 saturated carbocycles. The Morgan fingerprint density at radius 1 is 0.442 bits per heavy atom. The van der Waals surface area contributed by atoms with Gasteiger partial charge in [0, 0.05) is 28.3 Å². The third-order valence-corrected chi connectivity index (χ3v) is 17.0. The Morgan fingerprint density at radius 3 is 1.47 bits per heavy atom. The molecule has 8 rings (SSSR count). The van der Waals surface area contributed by atoms with E-state index in [2.05, 4.69) is 131 Å². The van der Waals surface area contributed by atoms with Crippen LogP contribution < -0.4 is 9.47 Å². The maximum atomic E-state index is 14.5. The van der Waals surface area contributed by atoms with E-state index in [1.165, 1.54) is 17.2 Å². The molecule has 95 heavy (non-hydrogen) atoms. The van der Waals surface area contributed by atoms with Crippen LogP contribution in [0.15, 0.2) is 180 Å². The monoisotopic (exact) mass is 1280 g/mol. The average molecular weight is 1280 g/mol. The summed E-state index contributed by atoms with van der Waals surface area (Å²) in [5.41, 5.74) is 7.84. The maximum absolute atomic E-state index is 14.5. The Balaban J connectivity index is 0.889. The molecule has 0 aliphatic carbocycles. The summed E-state index contributed by atoms with van der Waals surface area (Å²) in [4.78, 5) is 55.6. The van der Waals surface area contributed by atoms with Gasteiger partial charge in [-0.2, -0.15) is 0 Å². The predicted octanol–water partition coefficient (Wildman–Crippen LogP) is 18.9. The Bertz CT molecular complexity index is 3910. The normalized spacial score (nSPS) is 13.3. The first-order valence-electron chi connectivity index (χ1n) is 32.8. The van der Waals surface area contributed by atoms with Gasteiger partial charge >= 0.3 is 23.9 Å². The third-order valence-electron chi connectivity index (χ3n) is 17.0. The number of hydrogen-bond donors (Lipinski definition) is 0. The Labute approximate surface area is 561 Å². The molecular weight excluding hydrogens is 1190 g/mol. The van der Waals surface area contributed by atoms with Crippen LogP contribution in [0.5, 0.6) is 11.5 Å². The highest BCUT2D eigenvalue weighted by molar-refractivity contribution is 5.87. The lowest BCUT2D eigenvalue weighted by Crippen LogP contribution is -2.44. The van der Waals surface area contributed by atoms with Crippen molar-refractivity contribution in [2.45, 2.75) is 132 Å². The average Bonchev–Trinajstić information content (AvgIpc) is 1.69. The minimum absolute atomic E-state index is 0.0304. The fourth-order valence-corrected chi connectivity index (χ4v) is 11.3. The van der Waals surface area contributed by atoms with E-state index in [0.29, 0.717) is 66.7 Å². The summed E-state index contributed by atoms with van der Waals surface area (Å²) in [6.07, 6.45) is 13.4. The van der Waals surface area contributed by atoms with Gasteiger partial charge in [0.05, 0.1) is 36.6 Å². The first-order chi connectivity index (χ1) is 45.3. The second-order valence-electron chi connectivity index (χ2n) is 27.5. The van der Waals surface area contributed by atoms with Crippen molar-refractivity contribution >= 4 is 54.3 Å². The van der Waals surface area contributed by atoms with Crippen molar-refractivity contribution in [1.82, 2.24) is 10.2 Å². The van der Waals surface area contributed by atoms with Gasteiger partial charge in [-0.15, -0.1) is 10.2 Å². The standard InChI is InChI=1S/C82H92N2O11/c1-13-81(10,76(87)94-55-61-29-36-64(37-30-61)73-83-84-74(95-73)65-42-40-63(41-43-65)62-25-19-15-20-26-62)57-82(11,77(88)93-52-51-91-72(85)48-35-58-23-17-14-18-24-58)56-80(8,9)75(86)92-50-22-16-21-49-90-71-54-66(38-27-59-31-44-68(45-32-59)78(2,3)4)70(89-12)53-67(71)39-28-60-33-46-69(47-34-60)79(5,6)7/h14-15,17-20,23-48,53-54H,13,16,21-22,49-52,55-57H2,1-12H3/b38-27+,39-28+,48-35+. The zero-order valence-electron chi connectivity index (χ0n) is 57.3. The summed E-state index contributed by atoms with van der Waals surface area (Å²) in [5.74, 6) is -0.143. The zero-order valence-corrected chi connectivity index (χ0v) is 57.3. The minimum Gasteiger partial charge on any atom is -0.496 e. The van der Waals surface area contributed by atoms with Gasteiger partial charge < -0.3 is 32.8 Å². The van der Waals surface area contributed by atoms with Crippen molar-refractivity contribution in [3.05, 3.63) is 220 Å². The highest BCUT2D eigenvalue weighted by Gasteiger charge is 2.50. The third kappa shape index (κ3) is 20.4. The molecule has 2 atom stereocenters. The van der Waals surface area contributed by atoms with Crippen LogP contribution in [-0.2, 0) is 55.6 Å². The Morgan fingerprint density at radius 2 is 0.916 bits per heavy atom. The molecule has 1 heterocycles. The van der Waals surface area contributed by atoms with E-state index in [0.717, 1.165) is 44.5 Å². The van der Waals surface area contributed by atoms with Crippen LogP contribution in [0.25, 0.3) is 64.4 Å². The summed E-state index contributed by atoms with van der Waals surface area (Å²) >= 11 is 0. The van der Waals surface area contributed by atoms with Crippen molar-refractivity contribution in [2.24, 2.45) is 16.2 Å². The van der Waals surface area contributed by atoms with E-state index >= 15 is 0 Å². The van der Waals surface area contributed by atoms with E-state index in [-0.39, 0.29) is 50.1 Å². The van der Waals surface area contributed by atoms with Gasteiger partial charge in [0.1, 0.15) is 31.3 Å². The molecule has 8 aromatic rings. The number of hydrogen-bond acceptors (Lipinski definition) is 13. The number of ether oxygens (including phenoxy) is 6. The molecule has 1 aromatic heterocycles. The molecule has 0 N–H and O–H groups in total. The molecule has 0 aliphatic heterocycles. The summed E-state index contributed by atoms with van der Waals surface area (Å²) in [6.45, 7) is 22.0. The van der Waals surface area contributed by atoms with Crippen LogP contribution in [0.1, 0.15) is 159 Å². The number of unbranched alkanes of at least 4 members (excludes halogenated alkanes) is 2. The molecule has 0 fully saturated rings. The van der Waals surface area contributed by atoms with Crippen LogP contribution in [-0.4, -0.2) is 67.6 Å². The number of carbonyl (C=O) groups excluding carboxylic acids is 4. The molecule has 2 unspecified atom stereocenters. The smallest absolute Gasteiger partial charge is 0.330 e. The first kappa shape index (κ1) is 71.2. The largest absolute Gasteiger partial charge is 0.496 e. The molecule has 7 aromatic carbocycles. The Kier molecular flexibility index (Phi) is 24.4. The van der Waals surface area contributed by atoms with Gasteiger partial charge in [0.2, 0.25) is 11.8 Å². The summed E-state index contributed by atoms with van der Waals surface area (Å²) in [7, 11) is 1.67. The topological polar surface area (TPSA) is 163 Å². The van der Waals surface area contributed by atoms with Crippen LogP contribution in [0.4, 0.5) is 0 Å². The zero-order chi connectivity index (χ0) is 68.2. The van der Waals surface area contributed by atoms with Gasteiger partial charge in [-0.1, -0.05) is 206 Å². The molecular formula is C82H92N2O11. The van der Waals surface area contributed by atoms with Crippen molar-refractivity contribution in [3.8, 4) is 45.5 Å². The number of esters is 4. The molecule has 0 radical (unpaired) electrons. The molecule has 496 valence electrons. The number of rotatable bonds is 30. The van der Waals surface area contributed by atoms with Crippen LogP contribution >= 0.6 is 0 Å². The molecule has 0 spiro atoms. The van der Waals surface area contributed by atoms with E-state index in [1.54, 1.807) is 40.9 Å². The molecule has 0 amide bonds. The van der Waals surface area contributed by atoms with Gasteiger partial charge in [-0.25, -0.2) is 4.79 Å². The fraction of sp³-hybridized carbons (Fsp3) is 0.341. The molecule has 13 nitrogen and oxygen atoms in total. The van der Waals surface area contributed by atoms with Crippen LogP contribution in [0.2, 0.25) is 0 Å². The van der Waals surface area contributed by atoms with Gasteiger partial charge in [-0.05, 0) is 164 Å². The summed E-state index contributed by atoms with van der Waals surface area (Å²) in [6, 6.07) is 55.8. The lowest BCUT2D eigenvalue weighted by atomic mass is 9.65. The lowest BCUT2D eigenvalue weighted by Gasteiger charge is -2.39. The Hall–Kier alpha value is -9.62.